The number of carbonyl (C=O) groups excluding carboxylic acids is 1. The second-order valence-corrected chi connectivity index (χ2v) is 6.52. The molecule has 2 N–H and O–H groups in total. The third-order valence-electron chi connectivity index (χ3n) is 4.67. The van der Waals surface area contributed by atoms with Crippen molar-refractivity contribution in [2.24, 2.45) is 5.92 Å². The zero-order chi connectivity index (χ0) is 17.4. The van der Waals surface area contributed by atoms with E-state index in [4.69, 9.17) is 5.11 Å². The van der Waals surface area contributed by atoms with Gasteiger partial charge < -0.3 is 10.4 Å². The molecular weight excluding hydrogens is 306 g/mol. The standard InChI is InChI=1S/C18H21N3O3/c1-10-4-5-11(2)16(6-10)21-12(3)15(9-19-21)17(22)20-14-7-13(8-14)18(23)24/h4-6,9,13-14H,7-8H2,1-3H3,(H,20,22)(H,23,24). The fraction of sp³-hybridized carbons (Fsp3) is 0.389. The Morgan fingerprint density at radius 2 is 1.96 bits per heavy atom. The first-order valence-corrected chi connectivity index (χ1v) is 8.02. The molecule has 0 spiro atoms. The van der Waals surface area contributed by atoms with Crippen LogP contribution in [0.25, 0.3) is 5.69 Å². The lowest BCUT2D eigenvalue weighted by atomic mass is 9.80. The quantitative estimate of drug-likeness (QED) is 0.903. The van der Waals surface area contributed by atoms with Gasteiger partial charge in [0.2, 0.25) is 0 Å². The van der Waals surface area contributed by atoms with Crippen molar-refractivity contribution in [2.75, 3.05) is 0 Å². The van der Waals surface area contributed by atoms with Crippen LogP contribution in [0.2, 0.25) is 0 Å². The first kappa shape index (κ1) is 16.2. The van der Waals surface area contributed by atoms with Crippen LogP contribution in [-0.4, -0.2) is 32.8 Å². The van der Waals surface area contributed by atoms with E-state index in [0.717, 1.165) is 22.5 Å². The minimum absolute atomic E-state index is 0.0675. The predicted octanol–water partition coefficient (Wildman–Crippen LogP) is 2.39. The van der Waals surface area contributed by atoms with Crippen molar-refractivity contribution in [1.29, 1.82) is 0 Å². The minimum Gasteiger partial charge on any atom is -0.481 e. The summed E-state index contributed by atoms with van der Waals surface area (Å²) in [7, 11) is 0. The van der Waals surface area contributed by atoms with Gasteiger partial charge in [0.05, 0.1) is 29.1 Å². The average Bonchev–Trinajstić information content (AvgIpc) is 2.86. The smallest absolute Gasteiger partial charge is 0.306 e. The summed E-state index contributed by atoms with van der Waals surface area (Å²) in [6.45, 7) is 5.89. The molecule has 0 radical (unpaired) electrons. The van der Waals surface area contributed by atoms with Crippen molar-refractivity contribution >= 4 is 11.9 Å². The van der Waals surface area contributed by atoms with Gasteiger partial charge in [-0.15, -0.1) is 0 Å². The normalized spacial score (nSPS) is 19.6. The number of nitrogens with one attached hydrogen (secondary N) is 1. The van der Waals surface area contributed by atoms with Crippen LogP contribution in [0.15, 0.2) is 24.4 Å². The summed E-state index contributed by atoms with van der Waals surface area (Å²) in [4.78, 5) is 23.3. The maximum Gasteiger partial charge on any atom is 0.306 e. The number of hydrogen-bond acceptors (Lipinski definition) is 3. The third-order valence-corrected chi connectivity index (χ3v) is 4.67. The van der Waals surface area contributed by atoms with Crippen LogP contribution in [0.1, 0.15) is 40.0 Å². The van der Waals surface area contributed by atoms with E-state index in [2.05, 4.69) is 10.4 Å². The lowest BCUT2D eigenvalue weighted by Crippen LogP contribution is -2.46. The van der Waals surface area contributed by atoms with Crippen LogP contribution in [0.4, 0.5) is 0 Å². The summed E-state index contributed by atoms with van der Waals surface area (Å²) in [5.74, 6) is -1.33. The fourth-order valence-electron chi connectivity index (χ4n) is 3.02. The summed E-state index contributed by atoms with van der Waals surface area (Å²) < 4.78 is 1.78. The Labute approximate surface area is 140 Å². The van der Waals surface area contributed by atoms with E-state index in [-0.39, 0.29) is 17.9 Å². The molecule has 3 rings (SSSR count). The van der Waals surface area contributed by atoms with Gasteiger partial charge in [-0.25, -0.2) is 4.68 Å². The molecule has 0 saturated heterocycles. The summed E-state index contributed by atoms with van der Waals surface area (Å²) in [6, 6.07) is 6.05. The van der Waals surface area contributed by atoms with Gasteiger partial charge in [-0.1, -0.05) is 12.1 Å². The van der Waals surface area contributed by atoms with Crippen molar-refractivity contribution < 1.29 is 14.7 Å². The van der Waals surface area contributed by atoms with E-state index in [1.165, 1.54) is 0 Å². The van der Waals surface area contributed by atoms with E-state index in [9.17, 15) is 9.59 Å². The van der Waals surface area contributed by atoms with Crippen molar-refractivity contribution in [1.82, 2.24) is 15.1 Å². The van der Waals surface area contributed by atoms with Gasteiger partial charge in [0.1, 0.15) is 0 Å². The van der Waals surface area contributed by atoms with Crippen molar-refractivity contribution in [2.45, 2.75) is 39.7 Å². The molecule has 0 unspecified atom stereocenters. The molecule has 0 aliphatic heterocycles. The molecule has 6 heteroatoms. The van der Waals surface area contributed by atoms with Gasteiger partial charge in [-0.05, 0) is 50.8 Å². The number of aromatic nitrogens is 2. The molecule has 0 atom stereocenters. The lowest BCUT2D eigenvalue weighted by Gasteiger charge is -2.32. The Hall–Kier alpha value is -2.63. The summed E-state index contributed by atoms with van der Waals surface area (Å²) >= 11 is 0. The van der Waals surface area contributed by atoms with Gasteiger partial charge in [0.25, 0.3) is 5.91 Å². The number of hydrogen-bond donors (Lipinski definition) is 2. The maximum atomic E-state index is 12.4. The van der Waals surface area contributed by atoms with Gasteiger partial charge >= 0.3 is 5.97 Å². The van der Waals surface area contributed by atoms with Gasteiger partial charge in [-0.2, -0.15) is 5.10 Å². The van der Waals surface area contributed by atoms with Crippen molar-refractivity contribution in [3.63, 3.8) is 0 Å². The largest absolute Gasteiger partial charge is 0.481 e. The molecule has 1 aliphatic carbocycles. The minimum atomic E-state index is -0.792. The molecule has 0 bridgehead atoms. The lowest BCUT2D eigenvalue weighted by molar-refractivity contribution is -0.145. The Bertz CT molecular complexity index is 804. The number of nitrogens with zero attached hydrogens (tertiary/aromatic N) is 2. The third kappa shape index (κ3) is 2.91. The number of aliphatic carboxylic acids is 1. The molecule has 1 saturated carbocycles. The Morgan fingerprint density at radius 3 is 2.62 bits per heavy atom. The van der Waals surface area contributed by atoms with Crippen LogP contribution < -0.4 is 5.32 Å². The van der Waals surface area contributed by atoms with Crippen molar-refractivity contribution in [3.8, 4) is 5.69 Å². The number of benzene rings is 1. The number of carbonyl (C=O) groups is 2. The highest BCUT2D eigenvalue weighted by molar-refractivity contribution is 5.95. The van der Waals surface area contributed by atoms with E-state index >= 15 is 0 Å². The number of rotatable bonds is 4. The van der Waals surface area contributed by atoms with Crippen LogP contribution >= 0.6 is 0 Å². The van der Waals surface area contributed by atoms with E-state index < -0.39 is 5.97 Å². The molecule has 6 nitrogen and oxygen atoms in total. The van der Waals surface area contributed by atoms with Crippen LogP contribution in [0.5, 0.6) is 0 Å². The summed E-state index contributed by atoms with van der Waals surface area (Å²) in [5.41, 5.74) is 4.47. The SMILES string of the molecule is Cc1ccc(C)c(-n2ncc(C(=O)NC3CC(C(=O)O)C3)c2C)c1. The average molecular weight is 327 g/mol. The first-order chi connectivity index (χ1) is 11.4. The second kappa shape index (κ2) is 6.11. The molecule has 1 amide bonds. The maximum absolute atomic E-state index is 12.4. The van der Waals surface area contributed by atoms with Crippen LogP contribution in [0, 0.1) is 26.7 Å². The molecule has 1 aromatic heterocycles. The van der Waals surface area contributed by atoms with Crippen LogP contribution in [-0.2, 0) is 4.79 Å². The van der Waals surface area contributed by atoms with Crippen molar-refractivity contribution in [3.05, 3.63) is 46.8 Å². The molecule has 1 aromatic carbocycles. The van der Waals surface area contributed by atoms with Gasteiger partial charge in [0.15, 0.2) is 0 Å². The highest BCUT2D eigenvalue weighted by Gasteiger charge is 2.35. The van der Waals surface area contributed by atoms with Crippen LogP contribution in [0.3, 0.4) is 0 Å². The molecule has 1 heterocycles. The topological polar surface area (TPSA) is 84.2 Å². The number of amides is 1. The van der Waals surface area contributed by atoms with E-state index in [1.54, 1.807) is 10.9 Å². The molecule has 1 aliphatic rings. The first-order valence-electron chi connectivity index (χ1n) is 8.02. The highest BCUT2D eigenvalue weighted by Crippen LogP contribution is 2.28. The molecule has 24 heavy (non-hydrogen) atoms. The van der Waals surface area contributed by atoms with Gasteiger partial charge in [0, 0.05) is 6.04 Å². The van der Waals surface area contributed by atoms with Gasteiger partial charge in [-0.3, -0.25) is 9.59 Å². The summed E-state index contributed by atoms with van der Waals surface area (Å²) in [5, 5.41) is 16.2. The monoisotopic (exact) mass is 327 g/mol. The van der Waals surface area contributed by atoms with E-state index in [1.807, 2.05) is 39.0 Å². The molecule has 1 fully saturated rings. The highest BCUT2D eigenvalue weighted by atomic mass is 16.4. The molecular formula is C18H21N3O3. The number of carboxylic acid groups (broad SMARTS) is 1. The number of carboxylic acids is 1. The summed E-state index contributed by atoms with van der Waals surface area (Å²) in [6.07, 6.45) is 2.55. The predicted molar refractivity (Wildman–Crippen MR) is 89.4 cm³/mol. The molecule has 2 aromatic rings. The zero-order valence-electron chi connectivity index (χ0n) is 14.0. The Kier molecular flexibility index (Phi) is 4.13. The van der Waals surface area contributed by atoms with E-state index in [0.29, 0.717) is 18.4 Å². The second-order valence-electron chi connectivity index (χ2n) is 6.52. The fourth-order valence-corrected chi connectivity index (χ4v) is 3.02. The zero-order valence-corrected chi connectivity index (χ0v) is 14.0. The molecule has 126 valence electrons. The Morgan fingerprint density at radius 1 is 1.25 bits per heavy atom. The Balaban J connectivity index is 1.76. The number of aryl methyl sites for hydroxylation is 2.